The van der Waals surface area contributed by atoms with Gasteiger partial charge in [-0.15, -0.1) is 0 Å². The molecule has 0 unspecified atom stereocenters. The van der Waals surface area contributed by atoms with Crippen LogP contribution >= 0.6 is 15.9 Å². The van der Waals surface area contributed by atoms with Crippen molar-refractivity contribution in [3.05, 3.63) is 76.5 Å². The normalized spacial score (nSPS) is 10.6. The van der Waals surface area contributed by atoms with Crippen molar-refractivity contribution in [2.75, 3.05) is 5.32 Å². The van der Waals surface area contributed by atoms with Crippen LogP contribution in [0, 0.1) is 5.82 Å². The van der Waals surface area contributed by atoms with Gasteiger partial charge in [0, 0.05) is 15.7 Å². The zero-order valence-corrected chi connectivity index (χ0v) is 12.5. The Morgan fingerprint density at radius 3 is 2.33 bits per heavy atom. The number of halogens is 2. The van der Waals surface area contributed by atoms with Gasteiger partial charge in [-0.2, -0.15) is 0 Å². The molecule has 0 saturated heterocycles. The summed E-state index contributed by atoms with van der Waals surface area (Å²) in [5.41, 5.74) is 1.13. The molecular weight excluding hydrogens is 333 g/mol. The summed E-state index contributed by atoms with van der Waals surface area (Å²) < 4.78 is 13.9. The van der Waals surface area contributed by atoms with Gasteiger partial charge in [0.05, 0.1) is 0 Å². The molecule has 3 rings (SSSR count). The molecule has 3 aromatic rings. The van der Waals surface area contributed by atoms with E-state index in [0.717, 1.165) is 15.2 Å². The molecule has 2 nitrogen and oxygen atoms in total. The van der Waals surface area contributed by atoms with Crippen molar-refractivity contribution in [1.82, 2.24) is 0 Å². The highest BCUT2D eigenvalue weighted by Crippen LogP contribution is 2.23. The van der Waals surface area contributed by atoms with Crippen LogP contribution in [0.2, 0.25) is 0 Å². The van der Waals surface area contributed by atoms with Crippen molar-refractivity contribution in [3.63, 3.8) is 0 Å². The second-order valence-electron chi connectivity index (χ2n) is 4.67. The van der Waals surface area contributed by atoms with Gasteiger partial charge < -0.3 is 5.32 Å². The molecule has 1 N–H and O–H groups in total. The average Bonchev–Trinajstić information content (AvgIpc) is 2.48. The number of anilines is 1. The first-order valence-corrected chi connectivity index (χ1v) is 7.17. The van der Waals surface area contributed by atoms with Gasteiger partial charge in [0.1, 0.15) is 5.82 Å². The van der Waals surface area contributed by atoms with Crippen LogP contribution in [0.4, 0.5) is 10.1 Å². The SMILES string of the molecule is O=C(Nc1ccc2cc(Br)ccc2c1)c1ccc(F)cc1. The van der Waals surface area contributed by atoms with E-state index in [0.29, 0.717) is 11.3 Å². The summed E-state index contributed by atoms with van der Waals surface area (Å²) in [6, 6.07) is 17.1. The predicted molar refractivity (Wildman–Crippen MR) is 86.0 cm³/mol. The highest BCUT2D eigenvalue weighted by atomic mass is 79.9. The number of rotatable bonds is 2. The van der Waals surface area contributed by atoms with Gasteiger partial charge in [-0.25, -0.2) is 4.39 Å². The van der Waals surface area contributed by atoms with E-state index in [1.165, 1.54) is 24.3 Å². The van der Waals surface area contributed by atoms with Crippen LogP contribution in [0.15, 0.2) is 65.1 Å². The van der Waals surface area contributed by atoms with Gasteiger partial charge in [-0.1, -0.05) is 28.1 Å². The van der Waals surface area contributed by atoms with Gasteiger partial charge in [-0.3, -0.25) is 4.79 Å². The Morgan fingerprint density at radius 1 is 0.905 bits per heavy atom. The molecule has 0 spiro atoms. The molecule has 21 heavy (non-hydrogen) atoms. The minimum atomic E-state index is -0.358. The number of amides is 1. The van der Waals surface area contributed by atoms with E-state index < -0.39 is 0 Å². The molecule has 104 valence electrons. The van der Waals surface area contributed by atoms with Gasteiger partial charge >= 0.3 is 0 Å². The summed E-state index contributed by atoms with van der Waals surface area (Å²) in [5.74, 6) is -0.616. The van der Waals surface area contributed by atoms with Gasteiger partial charge in [0.2, 0.25) is 0 Å². The molecule has 0 aliphatic rings. The molecule has 1 amide bonds. The number of carbonyl (C=O) groups is 1. The minimum Gasteiger partial charge on any atom is -0.322 e. The standard InChI is InChI=1S/C17H11BrFNO/c18-14-5-1-13-10-16(8-4-12(13)9-14)20-17(21)11-2-6-15(19)7-3-11/h1-10H,(H,20,21). The molecule has 0 aliphatic heterocycles. The fraction of sp³-hybridized carbons (Fsp3) is 0. The van der Waals surface area contributed by atoms with Crippen molar-refractivity contribution in [1.29, 1.82) is 0 Å². The molecule has 0 saturated carbocycles. The maximum absolute atomic E-state index is 12.8. The first kappa shape index (κ1) is 13.8. The zero-order chi connectivity index (χ0) is 14.8. The van der Waals surface area contributed by atoms with E-state index in [-0.39, 0.29) is 11.7 Å². The molecule has 0 heterocycles. The molecular formula is C17H11BrFNO. The average molecular weight is 344 g/mol. The summed E-state index contributed by atoms with van der Waals surface area (Å²) in [7, 11) is 0. The van der Waals surface area contributed by atoms with Crippen molar-refractivity contribution < 1.29 is 9.18 Å². The van der Waals surface area contributed by atoms with Crippen molar-refractivity contribution >= 4 is 38.3 Å². The van der Waals surface area contributed by atoms with Crippen LogP contribution in [-0.4, -0.2) is 5.91 Å². The number of fused-ring (bicyclic) bond motifs is 1. The zero-order valence-electron chi connectivity index (χ0n) is 10.9. The maximum atomic E-state index is 12.8. The van der Waals surface area contributed by atoms with E-state index in [2.05, 4.69) is 21.2 Å². The summed E-state index contributed by atoms with van der Waals surface area (Å²) in [4.78, 5) is 12.1. The molecule has 0 atom stereocenters. The van der Waals surface area contributed by atoms with Crippen LogP contribution in [-0.2, 0) is 0 Å². The Bertz CT molecular complexity index is 815. The van der Waals surface area contributed by atoms with E-state index in [4.69, 9.17) is 0 Å². The lowest BCUT2D eigenvalue weighted by Gasteiger charge is -2.07. The van der Waals surface area contributed by atoms with E-state index in [1.54, 1.807) is 0 Å². The first-order valence-electron chi connectivity index (χ1n) is 6.38. The van der Waals surface area contributed by atoms with Crippen LogP contribution < -0.4 is 5.32 Å². The van der Waals surface area contributed by atoms with Crippen molar-refractivity contribution in [2.24, 2.45) is 0 Å². The highest BCUT2D eigenvalue weighted by molar-refractivity contribution is 9.10. The van der Waals surface area contributed by atoms with Gasteiger partial charge in [0.25, 0.3) is 5.91 Å². The van der Waals surface area contributed by atoms with E-state index >= 15 is 0 Å². The van der Waals surface area contributed by atoms with Crippen LogP contribution in [0.3, 0.4) is 0 Å². The monoisotopic (exact) mass is 343 g/mol. The maximum Gasteiger partial charge on any atom is 0.255 e. The lowest BCUT2D eigenvalue weighted by atomic mass is 10.1. The number of benzene rings is 3. The third-order valence-corrected chi connectivity index (χ3v) is 3.66. The largest absolute Gasteiger partial charge is 0.322 e. The summed E-state index contributed by atoms with van der Waals surface area (Å²) in [6.07, 6.45) is 0. The highest BCUT2D eigenvalue weighted by Gasteiger charge is 2.06. The fourth-order valence-electron chi connectivity index (χ4n) is 2.10. The molecule has 0 aromatic heterocycles. The summed E-state index contributed by atoms with van der Waals surface area (Å²) >= 11 is 3.43. The molecule has 0 fully saturated rings. The summed E-state index contributed by atoms with van der Waals surface area (Å²) in [5, 5.41) is 4.94. The minimum absolute atomic E-state index is 0.258. The van der Waals surface area contributed by atoms with Crippen molar-refractivity contribution in [2.45, 2.75) is 0 Å². The number of hydrogen-bond donors (Lipinski definition) is 1. The lowest BCUT2D eigenvalue weighted by molar-refractivity contribution is 0.102. The Morgan fingerprint density at radius 2 is 1.57 bits per heavy atom. The quantitative estimate of drug-likeness (QED) is 0.697. The summed E-state index contributed by atoms with van der Waals surface area (Å²) in [6.45, 7) is 0. The number of nitrogens with one attached hydrogen (secondary N) is 1. The molecule has 0 radical (unpaired) electrons. The smallest absolute Gasteiger partial charge is 0.255 e. The second kappa shape index (κ2) is 5.66. The van der Waals surface area contributed by atoms with Crippen LogP contribution in [0.25, 0.3) is 10.8 Å². The first-order chi connectivity index (χ1) is 10.1. The Balaban J connectivity index is 1.85. The Kier molecular flexibility index (Phi) is 3.71. The number of hydrogen-bond acceptors (Lipinski definition) is 1. The topological polar surface area (TPSA) is 29.1 Å². The van der Waals surface area contributed by atoms with Crippen LogP contribution in [0.1, 0.15) is 10.4 Å². The fourth-order valence-corrected chi connectivity index (χ4v) is 2.48. The van der Waals surface area contributed by atoms with E-state index in [9.17, 15) is 9.18 Å². The molecule has 0 aliphatic carbocycles. The van der Waals surface area contributed by atoms with E-state index in [1.807, 2.05) is 36.4 Å². The second-order valence-corrected chi connectivity index (χ2v) is 5.58. The molecule has 4 heteroatoms. The Labute approximate surface area is 129 Å². The van der Waals surface area contributed by atoms with Crippen molar-refractivity contribution in [3.8, 4) is 0 Å². The van der Waals surface area contributed by atoms with Gasteiger partial charge in [-0.05, 0) is 59.3 Å². The predicted octanol–water partition coefficient (Wildman–Crippen LogP) is 4.99. The third-order valence-electron chi connectivity index (χ3n) is 3.17. The number of carbonyl (C=O) groups excluding carboxylic acids is 1. The van der Waals surface area contributed by atoms with Gasteiger partial charge in [0.15, 0.2) is 0 Å². The molecule has 0 bridgehead atoms. The molecule has 3 aromatic carbocycles. The third kappa shape index (κ3) is 3.11. The Hall–Kier alpha value is -2.20. The van der Waals surface area contributed by atoms with Crippen LogP contribution in [0.5, 0.6) is 0 Å². The lowest BCUT2D eigenvalue weighted by Crippen LogP contribution is -2.11.